The maximum absolute atomic E-state index is 12.9. The number of nitro benzene ring substituents is 1. The van der Waals surface area contributed by atoms with E-state index in [4.69, 9.17) is 4.74 Å². The molecular formula is C19H23N3O5S. The number of nitro groups is 1. The van der Waals surface area contributed by atoms with E-state index < -0.39 is 21.0 Å². The lowest BCUT2D eigenvalue weighted by Gasteiger charge is -2.31. The van der Waals surface area contributed by atoms with Crippen LogP contribution in [0.4, 0.5) is 5.69 Å². The van der Waals surface area contributed by atoms with Gasteiger partial charge in [0.05, 0.1) is 29.1 Å². The molecular weight excluding hydrogens is 382 g/mol. The molecule has 0 spiro atoms. The van der Waals surface area contributed by atoms with Crippen LogP contribution in [0.5, 0.6) is 0 Å². The third-order valence-electron chi connectivity index (χ3n) is 4.68. The second kappa shape index (κ2) is 8.78. The molecule has 3 rings (SSSR count). The topological polar surface area (TPSA) is 102 Å². The number of hydrogen-bond donors (Lipinski definition) is 1. The zero-order chi connectivity index (χ0) is 20.1. The van der Waals surface area contributed by atoms with E-state index in [2.05, 4.69) is 9.62 Å². The van der Waals surface area contributed by atoms with Crippen LogP contribution in [0, 0.1) is 17.0 Å². The van der Waals surface area contributed by atoms with Gasteiger partial charge in [-0.3, -0.25) is 15.0 Å². The minimum atomic E-state index is -3.84. The number of ether oxygens (including phenoxy) is 1. The van der Waals surface area contributed by atoms with Crippen molar-refractivity contribution in [3.8, 4) is 0 Å². The Hall–Kier alpha value is -2.33. The molecule has 0 radical (unpaired) electrons. The maximum atomic E-state index is 12.9. The van der Waals surface area contributed by atoms with Crippen LogP contribution in [0.2, 0.25) is 0 Å². The van der Waals surface area contributed by atoms with E-state index in [1.54, 1.807) is 0 Å². The fourth-order valence-corrected chi connectivity index (χ4v) is 4.27. The Morgan fingerprint density at radius 2 is 1.71 bits per heavy atom. The maximum Gasteiger partial charge on any atom is 0.269 e. The summed E-state index contributed by atoms with van der Waals surface area (Å²) in [5.74, 6) is 0. The molecule has 28 heavy (non-hydrogen) atoms. The molecule has 9 heteroatoms. The van der Waals surface area contributed by atoms with Crippen molar-refractivity contribution >= 4 is 15.7 Å². The summed E-state index contributed by atoms with van der Waals surface area (Å²) < 4.78 is 33.9. The molecule has 8 nitrogen and oxygen atoms in total. The first-order valence-electron chi connectivity index (χ1n) is 8.98. The van der Waals surface area contributed by atoms with Gasteiger partial charge in [0.1, 0.15) is 0 Å². The van der Waals surface area contributed by atoms with E-state index in [0.717, 1.165) is 24.2 Å². The van der Waals surface area contributed by atoms with Crippen molar-refractivity contribution in [3.05, 3.63) is 69.8 Å². The van der Waals surface area contributed by atoms with Crippen LogP contribution in [-0.2, 0) is 14.8 Å². The van der Waals surface area contributed by atoms with Gasteiger partial charge in [0, 0.05) is 31.8 Å². The second-order valence-corrected chi connectivity index (χ2v) is 8.46. The van der Waals surface area contributed by atoms with Crippen LogP contribution in [0.15, 0.2) is 53.4 Å². The van der Waals surface area contributed by atoms with Crippen molar-refractivity contribution in [1.29, 1.82) is 0 Å². The summed E-state index contributed by atoms with van der Waals surface area (Å²) in [5, 5.41) is 10.8. The standard InChI is InChI=1S/C19H23N3O5S/c1-15-2-4-16(5-3-15)19(14-21-10-12-27-13-11-21)20-28(25,26)18-8-6-17(7-9-18)22(23)24/h2-9,19-20H,10-14H2,1H3/t19-/m1/s1. The van der Waals surface area contributed by atoms with Crippen molar-refractivity contribution in [2.45, 2.75) is 17.9 Å². The lowest BCUT2D eigenvalue weighted by atomic mass is 10.1. The lowest BCUT2D eigenvalue weighted by Crippen LogP contribution is -2.43. The third kappa shape index (κ3) is 5.14. The van der Waals surface area contributed by atoms with Gasteiger partial charge in [0.25, 0.3) is 5.69 Å². The average molecular weight is 405 g/mol. The molecule has 0 aliphatic carbocycles. The van der Waals surface area contributed by atoms with Crippen LogP contribution in [0.3, 0.4) is 0 Å². The number of aryl methyl sites for hydroxylation is 1. The fourth-order valence-electron chi connectivity index (χ4n) is 3.05. The summed E-state index contributed by atoms with van der Waals surface area (Å²) in [7, 11) is -3.84. The Labute approximate surface area is 164 Å². The summed E-state index contributed by atoms with van der Waals surface area (Å²) in [6, 6.07) is 12.2. The average Bonchev–Trinajstić information content (AvgIpc) is 2.69. The van der Waals surface area contributed by atoms with E-state index in [0.29, 0.717) is 19.8 Å². The van der Waals surface area contributed by atoms with Gasteiger partial charge >= 0.3 is 0 Å². The van der Waals surface area contributed by atoms with Crippen LogP contribution < -0.4 is 4.72 Å². The Kier molecular flexibility index (Phi) is 6.40. The molecule has 0 unspecified atom stereocenters. The van der Waals surface area contributed by atoms with Gasteiger partial charge < -0.3 is 4.74 Å². The number of sulfonamides is 1. The summed E-state index contributed by atoms with van der Waals surface area (Å²) >= 11 is 0. The van der Waals surface area contributed by atoms with Crippen LogP contribution in [0.1, 0.15) is 17.2 Å². The number of nitrogens with zero attached hydrogens (tertiary/aromatic N) is 2. The zero-order valence-corrected chi connectivity index (χ0v) is 16.4. The largest absolute Gasteiger partial charge is 0.379 e. The van der Waals surface area contributed by atoms with Gasteiger partial charge in [-0.25, -0.2) is 13.1 Å². The first kappa shape index (κ1) is 20.4. The Bertz CT molecular complexity index is 908. The Balaban J connectivity index is 1.84. The van der Waals surface area contributed by atoms with Crippen LogP contribution in [0.25, 0.3) is 0 Å². The molecule has 1 aliphatic heterocycles. The first-order chi connectivity index (χ1) is 13.3. The summed E-state index contributed by atoms with van der Waals surface area (Å²) in [6.07, 6.45) is 0. The molecule has 1 aliphatic rings. The van der Waals surface area contributed by atoms with Crippen molar-refractivity contribution in [1.82, 2.24) is 9.62 Å². The number of morpholine rings is 1. The molecule has 0 aromatic heterocycles. The minimum Gasteiger partial charge on any atom is -0.379 e. The monoisotopic (exact) mass is 405 g/mol. The number of rotatable bonds is 7. The van der Waals surface area contributed by atoms with E-state index >= 15 is 0 Å². The van der Waals surface area contributed by atoms with Gasteiger partial charge in [-0.15, -0.1) is 0 Å². The number of hydrogen-bond acceptors (Lipinski definition) is 6. The Morgan fingerprint density at radius 3 is 2.29 bits per heavy atom. The molecule has 1 saturated heterocycles. The quantitative estimate of drug-likeness (QED) is 0.560. The lowest BCUT2D eigenvalue weighted by molar-refractivity contribution is -0.384. The Morgan fingerprint density at radius 1 is 1.11 bits per heavy atom. The third-order valence-corrected chi connectivity index (χ3v) is 6.17. The highest BCUT2D eigenvalue weighted by Gasteiger charge is 2.25. The normalized spacial score (nSPS) is 16.6. The molecule has 2 aromatic rings. The predicted molar refractivity (Wildman–Crippen MR) is 105 cm³/mol. The highest BCUT2D eigenvalue weighted by molar-refractivity contribution is 7.89. The molecule has 1 N–H and O–H groups in total. The first-order valence-corrected chi connectivity index (χ1v) is 10.5. The molecule has 0 amide bonds. The van der Waals surface area contributed by atoms with Gasteiger partial charge in [-0.1, -0.05) is 29.8 Å². The highest BCUT2D eigenvalue weighted by Crippen LogP contribution is 2.21. The molecule has 1 fully saturated rings. The molecule has 1 heterocycles. The fraction of sp³-hybridized carbons (Fsp3) is 0.368. The van der Waals surface area contributed by atoms with Crippen molar-refractivity contribution in [2.75, 3.05) is 32.8 Å². The molecule has 2 aromatic carbocycles. The molecule has 150 valence electrons. The van der Waals surface area contributed by atoms with Crippen LogP contribution in [-0.4, -0.2) is 51.1 Å². The van der Waals surface area contributed by atoms with E-state index in [9.17, 15) is 18.5 Å². The van der Waals surface area contributed by atoms with Gasteiger partial charge in [0.2, 0.25) is 10.0 Å². The molecule has 0 saturated carbocycles. The van der Waals surface area contributed by atoms with Crippen molar-refractivity contribution in [2.24, 2.45) is 0 Å². The predicted octanol–water partition coefficient (Wildman–Crippen LogP) is 2.26. The van der Waals surface area contributed by atoms with E-state index in [1.165, 1.54) is 24.3 Å². The van der Waals surface area contributed by atoms with Gasteiger partial charge in [0.15, 0.2) is 0 Å². The molecule has 0 bridgehead atoms. The van der Waals surface area contributed by atoms with Gasteiger partial charge in [-0.05, 0) is 24.6 Å². The summed E-state index contributed by atoms with van der Waals surface area (Å²) in [6.45, 7) is 5.20. The van der Waals surface area contributed by atoms with E-state index in [-0.39, 0.29) is 10.6 Å². The van der Waals surface area contributed by atoms with Crippen molar-refractivity contribution in [3.63, 3.8) is 0 Å². The summed E-state index contributed by atoms with van der Waals surface area (Å²) in [4.78, 5) is 12.4. The second-order valence-electron chi connectivity index (χ2n) is 6.75. The van der Waals surface area contributed by atoms with E-state index in [1.807, 2.05) is 31.2 Å². The SMILES string of the molecule is Cc1ccc([C@@H](CN2CCOCC2)NS(=O)(=O)c2ccc([N+](=O)[O-])cc2)cc1. The highest BCUT2D eigenvalue weighted by atomic mass is 32.2. The van der Waals surface area contributed by atoms with Crippen molar-refractivity contribution < 1.29 is 18.1 Å². The smallest absolute Gasteiger partial charge is 0.269 e. The van der Waals surface area contributed by atoms with Gasteiger partial charge in [-0.2, -0.15) is 0 Å². The molecule has 1 atom stereocenters. The minimum absolute atomic E-state index is 0.00260. The van der Waals surface area contributed by atoms with Crippen LogP contribution >= 0.6 is 0 Å². The number of benzene rings is 2. The number of non-ortho nitro benzene ring substituents is 1. The zero-order valence-electron chi connectivity index (χ0n) is 15.6. The number of nitrogens with one attached hydrogen (secondary N) is 1. The summed E-state index contributed by atoms with van der Waals surface area (Å²) in [5.41, 5.74) is 1.80.